The SMILES string of the molecule is Cc1[nH]n(-c2ccc(F)cc2)c(=O)c1CCC(=O)NC1CCCCC1. The van der Waals surface area contributed by atoms with Crippen LogP contribution in [0.4, 0.5) is 4.39 Å². The van der Waals surface area contributed by atoms with E-state index in [1.165, 1.54) is 36.1 Å². The third-order valence-electron chi connectivity index (χ3n) is 4.85. The Morgan fingerprint density at radius 2 is 1.92 bits per heavy atom. The van der Waals surface area contributed by atoms with Crippen molar-refractivity contribution in [2.75, 3.05) is 0 Å². The maximum absolute atomic E-state index is 13.0. The van der Waals surface area contributed by atoms with Gasteiger partial charge < -0.3 is 5.32 Å². The summed E-state index contributed by atoms with van der Waals surface area (Å²) in [7, 11) is 0. The second kappa shape index (κ2) is 7.68. The fourth-order valence-corrected chi connectivity index (χ4v) is 3.43. The van der Waals surface area contributed by atoms with Crippen LogP contribution in [0.25, 0.3) is 5.69 Å². The van der Waals surface area contributed by atoms with Crippen LogP contribution >= 0.6 is 0 Å². The number of aromatic amines is 1. The zero-order valence-electron chi connectivity index (χ0n) is 14.5. The molecule has 1 heterocycles. The fourth-order valence-electron chi connectivity index (χ4n) is 3.43. The first-order chi connectivity index (χ1) is 12.0. The first-order valence-corrected chi connectivity index (χ1v) is 8.90. The molecule has 1 aromatic heterocycles. The van der Waals surface area contributed by atoms with Gasteiger partial charge in [-0.2, -0.15) is 0 Å². The minimum atomic E-state index is -0.348. The summed E-state index contributed by atoms with van der Waals surface area (Å²) in [4.78, 5) is 24.7. The first kappa shape index (κ1) is 17.5. The zero-order valence-corrected chi connectivity index (χ0v) is 14.5. The summed E-state index contributed by atoms with van der Waals surface area (Å²) in [5.74, 6) is -0.347. The molecule has 1 amide bonds. The van der Waals surface area contributed by atoms with Crippen LogP contribution in [0.15, 0.2) is 29.1 Å². The van der Waals surface area contributed by atoms with E-state index in [4.69, 9.17) is 0 Å². The molecule has 2 N–H and O–H groups in total. The van der Waals surface area contributed by atoms with Crippen molar-refractivity contribution in [3.05, 3.63) is 51.7 Å². The van der Waals surface area contributed by atoms with Crippen LogP contribution in [0.2, 0.25) is 0 Å². The van der Waals surface area contributed by atoms with E-state index in [1.807, 2.05) is 6.92 Å². The van der Waals surface area contributed by atoms with Crippen LogP contribution < -0.4 is 10.9 Å². The molecule has 1 fully saturated rings. The van der Waals surface area contributed by atoms with Crippen molar-refractivity contribution in [2.24, 2.45) is 0 Å². The molecule has 6 heteroatoms. The van der Waals surface area contributed by atoms with E-state index >= 15 is 0 Å². The van der Waals surface area contributed by atoms with Crippen LogP contribution in [-0.4, -0.2) is 21.7 Å². The Labute approximate surface area is 146 Å². The smallest absolute Gasteiger partial charge is 0.274 e. The van der Waals surface area contributed by atoms with Crippen LogP contribution in [0.3, 0.4) is 0 Å². The average molecular weight is 345 g/mol. The summed E-state index contributed by atoms with van der Waals surface area (Å²) >= 11 is 0. The van der Waals surface area contributed by atoms with Gasteiger partial charge in [-0.25, -0.2) is 9.07 Å². The molecule has 1 aliphatic rings. The molecule has 0 radical (unpaired) electrons. The van der Waals surface area contributed by atoms with E-state index < -0.39 is 0 Å². The highest BCUT2D eigenvalue weighted by molar-refractivity contribution is 5.76. The van der Waals surface area contributed by atoms with E-state index in [-0.39, 0.29) is 23.3 Å². The number of aryl methyl sites for hydroxylation is 1. The molecule has 0 unspecified atom stereocenters. The standard InChI is InChI=1S/C19H24FN3O2/c1-13-17(11-12-18(24)21-15-5-3-2-4-6-15)19(25)23(22-13)16-9-7-14(20)8-10-16/h7-10,15,22H,2-6,11-12H2,1H3,(H,21,24). The molecule has 5 nitrogen and oxygen atoms in total. The summed E-state index contributed by atoms with van der Waals surface area (Å²) in [5, 5.41) is 6.08. The molecule has 25 heavy (non-hydrogen) atoms. The monoisotopic (exact) mass is 345 g/mol. The number of hydrogen-bond acceptors (Lipinski definition) is 2. The molecule has 0 aliphatic heterocycles. The van der Waals surface area contributed by atoms with Gasteiger partial charge in [0.1, 0.15) is 5.82 Å². The summed E-state index contributed by atoms with van der Waals surface area (Å²) in [6.07, 6.45) is 6.38. The molecular weight excluding hydrogens is 321 g/mol. The maximum atomic E-state index is 13.0. The lowest BCUT2D eigenvalue weighted by molar-refractivity contribution is -0.121. The molecule has 0 saturated heterocycles. The summed E-state index contributed by atoms with van der Waals surface area (Å²) in [6.45, 7) is 1.82. The molecule has 0 atom stereocenters. The molecule has 3 rings (SSSR count). The van der Waals surface area contributed by atoms with E-state index in [0.717, 1.165) is 18.5 Å². The fraction of sp³-hybridized carbons (Fsp3) is 0.474. The number of carbonyl (C=O) groups is 1. The molecular formula is C19H24FN3O2. The molecule has 0 bridgehead atoms. The quantitative estimate of drug-likeness (QED) is 0.875. The highest BCUT2D eigenvalue weighted by Gasteiger charge is 2.17. The number of H-pyrrole nitrogens is 1. The number of benzene rings is 1. The van der Waals surface area contributed by atoms with Gasteiger partial charge in [0, 0.05) is 23.7 Å². The number of hydrogen-bond donors (Lipinski definition) is 2. The van der Waals surface area contributed by atoms with Gasteiger partial charge in [0.15, 0.2) is 0 Å². The van der Waals surface area contributed by atoms with Crippen LogP contribution in [-0.2, 0) is 11.2 Å². The highest BCUT2D eigenvalue weighted by Crippen LogP contribution is 2.17. The third-order valence-corrected chi connectivity index (χ3v) is 4.85. The second-order valence-electron chi connectivity index (χ2n) is 6.73. The Morgan fingerprint density at radius 1 is 1.24 bits per heavy atom. The van der Waals surface area contributed by atoms with Gasteiger partial charge in [-0.3, -0.25) is 14.7 Å². The Hall–Kier alpha value is -2.37. The Bertz CT molecular complexity index is 786. The van der Waals surface area contributed by atoms with Crippen molar-refractivity contribution in [1.29, 1.82) is 0 Å². The van der Waals surface area contributed by atoms with E-state index in [1.54, 1.807) is 12.1 Å². The minimum absolute atomic E-state index is 0.000215. The molecule has 1 aliphatic carbocycles. The van der Waals surface area contributed by atoms with E-state index in [0.29, 0.717) is 24.1 Å². The van der Waals surface area contributed by atoms with Gasteiger partial charge in [-0.15, -0.1) is 0 Å². The van der Waals surface area contributed by atoms with Gasteiger partial charge >= 0.3 is 0 Å². The van der Waals surface area contributed by atoms with Crippen molar-refractivity contribution in [3.8, 4) is 5.69 Å². The zero-order chi connectivity index (χ0) is 17.8. The third kappa shape index (κ3) is 4.18. The number of rotatable bonds is 5. The molecule has 0 spiro atoms. The molecule has 1 aromatic carbocycles. The lowest BCUT2D eigenvalue weighted by atomic mass is 9.95. The number of nitrogens with one attached hydrogen (secondary N) is 2. The number of carbonyl (C=O) groups excluding carboxylic acids is 1. The van der Waals surface area contributed by atoms with Crippen molar-refractivity contribution < 1.29 is 9.18 Å². The van der Waals surface area contributed by atoms with Crippen molar-refractivity contribution in [2.45, 2.75) is 57.9 Å². The summed E-state index contributed by atoms with van der Waals surface area (Å²) in [6, 6.07) is 6.01. The first-order valence-electron chi connectivity index (χ1n) is 8.90. The molecule has 2 aromatic rings. The van der Waals surface area contributed by atoms with Gasteiger partial charge in [0.25, 0.3) is 5.56 Å². The van der Waals surface area contributed by atoms with Crippen LogP contribution in [0, 0.1) is 12.7 Å². The predicted molar refractivity (Wildman–Crippen MR) is 94.4 cm³/mol. The van der Waals surface area contributed by atoms with Crippen molar-refractivity contribution in [1.82, 2.24) is 15.1 Å². The van der Waals surface area contributed by atoms with Crippen molar-refractivity contribution >= 4 is 5.91 Å². The maximum Gasteiger partial charge on any atom is 0.274 e. The topological polar surface area (TPSA) is 66.9 Å². The van der Waals surface area contributed by atoms with Gasteiger partial charge in [0.05, 0.1) is 5.69 Å². The lowest BCUT2D eigenvalue weighted by Gasteiger charge is -2.22. The Morgan fingerprint density at radius 3 is 2.60 bits per heavy atom. The Kier molecular flexibility index (Phi) is 5.36. The predicted octanol–water partition coefficient (Wildman–Crippen LogP) is 2.99. The largest absolute Gasteiger partial charge is 0.353 e. The second-order valence-corrected chi connectivity index (χ2v) is 6.73. The number of nitrogens with zero attached hydrogens (tertiary/aromatic N) is 1. The van der Waals surface area contributed by atoms with Gasteiger partial charge in [-0.1, -0.05) is 19.3 Å². The van der Waals surface area contributed by atoms with Crippen LogP contribution in [0.5, 0.6) is 0 Å². The summed E-state index contributed by atoms with van der Waals surface area (Å²) in [5.41, 5.74) is 1.73. The highest BCUT2D eigenvalue weighted by atomic mass is 19.1. The van der Waals surface area contributed by atoms with E-state index in [9.17, 15) is 14.0 Å². The molecule has 1 saturated carbocycles. The van der Waals surface area contributed by atoms with Crippen molar-refractivity contribution in [3.63, 3.8) is 0 Å². The number of amides is 1. The lowest BCUT2D eigenvalue weighted by Crippen LogP contribution is -2.36. The average Bonchev–Trinajstić information content (AvgIpc) is 2.89. The van der Waals surface area contributed by atoms with Gasteiger partial charge in [0.2, 0.25) is 5.91 Å². The summed E-state index contributed by atoms with van der Waals surface area (Å²) < 4.78 is 14.4. The van der Waals surface area contributed by atoms with Crippen LogP contribution in [0.1, 0.15) is 49.8 Å². The van der Waals surface area contributed by atoms with E-state index in [2.05, 4.69) is 10.4 Å². The number of aromatic nitrogens is 2. The minimum Gasteiger partial charge on any atom is -0.353 e. The normalized spacial score (nSPS) is 15.3. The Balaban J connectivity index is 1.65. The number of halogens is 1. The molecule has 134 valence electrons. The van der Waals surface area contributed by atoms with Gasteiger partial charge in [-0.05, 0) is 50.5 Å².